The average Bonchev–Trinajstić information content (AvgIpc) is 2.79. The molecule has 2 unspecified atom stereocenters. The van der Waals surface area contributed by atoms with Crippen molar-refractivity contribution in [3.8, 4) is 5.75 Å². The van der Waals surface area contributed by atoms with Crippen molar-refractivity contribution in [1.29, 1.82) is 0 Å². The Bertz CT molecular complexity index is 1060. The molecule has 1 amide bonds. The maximum Gasteiger partial charge on any atom is 0.311 e. The Hall–Kier alpha value is -2.98. The van der Waals surface area contributed by atoms with Crippen molar-refractivity contribution < 1.29 is 31.9 Å². The van der Waals surface area contributed by atoms with Crippen LogP contribution >= 0.6 is 0 Å². The molecule has 1 fully saturated rings. The van der Waals surface area contributed by atoms with Gasteiger partial charge in [0.05, 0.1) is 17.9 Å². The molecule has 8 nitrogen and oxygen atoms in total. The molecule has 172 valence electrons. The fourth-order valence-corrected chi connectivity index (χ4v) is 4.87. The predicted octanol–water partition coefficient (Wildman–Crippen LogP) is 2.81. The van der Waals surface area contributed by atoms with Gasteiger partial charge >= 0.3 is 5.97 Å². The summed E-state index contributed by atoms with van der Waals surface area (Å²) in [5.74, 6) is -1.74. The first-order valence-electron chi connectivity index (χ1n) is 10.1. The van der Waals surface area contributed by atoms with Gasteiger partial charge in [-0.05, 0) is 68.3 Å². The van der Waals surface area contributed by atoms with E-state index in [2.05, 4.69) is 5.32 Å². The van der Waals surface area contributed by atoms with Crippen LogP contribution in [-0.2, 0) is 24.3 Å². The molecule has 2 aromatic rings. The van der Waals surface area contributed by atoms with Gasteiger partial charge in [0.25, 0.3) is 5.91 Å². The second-order valence-corrected chi connectivity index (χ2v) is 9.39. The highest BCUT2D eigenvalue weighted by Gasteiger charge is 2.35. The van der Waals surface area contributed by atoms with E-state index < -0.39 is 39.7 Å². The second kappa shape index (κ2) is 10.1. The Morgan fingerprint density at radius 2 is 1.78 bits per heavy atom. The molecule has 2 atom stereocenters. The van der Waals surface area contributed by atoms with Crippen molar-refractivity contribution in [2.24, 2.45) is 5.92 Å². The highest BCUT2D eigenvalue weighted by atomic mass is 32.2. The van der Waals surface area contributed by atoms with E-state index in [1.54, 1.807) is 24.3 Å². The van der Waals surface area contributed by atoms with Gasteiger partial charge < -0.3 is 14.8 Å². The lowest BCUT2D eigenvalue weighted by atomic mass is 10.00. The van der Waals surface area contributed by atoms with Crippen molar-refractivity contribution in [3.63, 3.8) is 0 Å². The zero-order valence-electron chi connectivity index (χ0n) is 17.8. The normalized spacial score (nSPS) is 17.9. The first-order chi connectivity index (χ1) is 15.2. The number of rotatable bonds is 7. The summed E-state index contributed by atoms with van der Waals surface area (Å²) >= 11 is 0. The smallest absolute Gasteiger partial charge is 0.311 e. The van der Waals surface area contributed by atoms with Gasteiger partial charge in [-0.3, -0.25) is 9.59 Å². The Labute approximate surface area is 186 Å². The van der Waals surface area contributed by atoms with E-state index in [9.17, 15) is 22.4 Å². The lowest BCUT2D eigenvalue weighted by Gasteiger charge is -2.31. The van der Waals surface area contributed by atoms with Gasteiger partial charge in [-0.1, -0.05) is 0 Å². The Kier molecular flexibility index (Phi) is 7.47. The fourth-order valence-electron chi connectivity index (χ4n) is 3.35. The molecule has 1 saturated heterocycles. The molecule has 10 heteroatoms. The van der Waals surface area contributed by atoms with Gasteiger partial charge in [-0.2, -0.15) is 4.31 Å². The number of esters is 1. The lowest BCUT2D eigenvalue weighted by Crippen LogP contribution is -2.43. The molecule has 3 rings (SSSR count). The van der Waals surface area contributed by atoms with E-state index in [0.29, 0.717) is 24.3 Å². The van der Waals surface area contributed by atoms with Gasteiger partial charge in [0.2, 0.25) is 10.0 Å². The van der Waals surface area contributed by atoms with Gasteiger partial charge in [-0.15, -0.1) is 0 Å². The highest BCUT2D eigenvalue weighted by Crippen LogP contribution is 2.25. The molecule has 0 spiro atoms. The Morgan fingerprint density at radius 3 is 2.41 bits per heavy atom. The number of nitrogens with zero attached hydrogens (tertiary/aromatic N) is 1. The number of hydrogen-bond acceptors (Lipinski definition) is 6. The number of methoxy groups -OCH3 is 1. The molecule has 1 aliphatic rings. The molecule has 2 aromatic carbocycles. The molecule has 1 heterocycles. The maximum absolute atomic E-state index is 13.1. The third kappa shape index (κ3) is 5.63. The van der Waals surface area contributed by atoms with E-state index in [0.717, 1.165) is 12.1 Å². The maximum atomic E-state index is 13.1. The summed E-state index contributed by atoms with van der Waals surface area (Å²) in [5.41, 5.74) is 0.521. The molecule has 0 aromatic heterocycles. The second-order valence-electron chi connectivity index (χ2n) is 7.45. The summed E-state index contributed by atoms with van der Waals surface area (Å²) in [5, 5.41) is 2.65. The number of piperidine rings is 1. The van der Waals surface area contributed by atoms with Crippen LogP contribution in [0.5, 0.6) is 5.75 Å². The standard InChI is InChI=1S/C22H25FN2O6S/c1-15(21(26)24-18-7-9-19(30-2)10-8-18)31-22(27)16-4-3-13-25(14-16)32(28,29)20-11-5-17(23)6-12-20/h5-12,15-16H,3-4,13-14H2,1-2H3,(H,24,26). The number of amides is 1. The number of sulfonamides is 1. The summed E-state index contributed by atoms with van der Waals surface area (Å²) in [4.78, 5) is 24.9. The van der Waals surface area contributed by atoms with Crippen LogP contribution in [-0.4, -0.2) is 50.9 Å². The number of anilines is 1. The molecule has 1 N–H and O–H groups in total. The minimum Gasteiger partial charge on any atom is -0.497 e. The third-order valence-electron chi connectivity index (χ3n) is 5.19. The van der Waals surface area contributed by atoms with E-state index >= 15 is 0 Å². The molecular weight excluding hydrogens is 439 g/mol. The quantitative estimate of drug-likeness (QED) is 0.633. The largest absolute Gasteiger partial charge is 0.497 e. The fraction of sp³-hybridized carbons (Fsp3) is 0.364. The van der Waals surface area contributed by atoms with E-state index in [1.165, 1.54) is 30.5 Å². The SMILES string of the molecule is COc1ccc(NC(=O)C(C)OC(=O)C2CCCN(S(=O)(=O)c3ccc(F)cc3)C2)cc1. The summed E-state index contributed by atoms with van der Waals surface area (Å²) in [6.07, 6.45) is -0.151. The van der Waals surface area contributed by atoms with Crippen LogP contribution in [0.1, 0.15) is 19.8 Å². The number of benzene rings is 2. The van der Waals surface area contributed by atoms with Gasteiger partial charge in [0.1, 0.15) is 11.6 Å². The molecule has 1 aliphatic heterocycles. The number of ether oxygens (including phenoxy) is 2. The monoisotopic (exact) mass is 464 g/mol. The average molecular weight is 465 g/mol. The van der Waals surface area contributed by atoms with Crippen LogP contribution in [0, 0.1) is 11.7 Å². The molecule has 0 aliphatic carbocycles. The van der Waals surface area contributed by atoms with Crippen LogP contribution in [0.4, 0.5) is 10.1 Å². The Balaban J connectivity index is 1.59. The first kappa shape index (κ1) is 23.7. The van der Waals surface area contributed by atoms with Gasteiger partial charge in [0.15, 0.2) is 6.10 Å². The highest BCUT2D eigenvalue weighted by molar-refractivity contribution is 7.89. The Morgan fingerprint density at radius 1 is 1.12 bits per heavy atom. The minimum absolute atomic E-state index is 0.0415. The number of carbonyl (C=O) groups excluding carboxylic acids is 2. The zero-order valence-corrected chi connectivity index (χ0v) is 18.6. The summed E-state index contributed by atoms with van der Waals surface area (Å²) in [6, 6.07) is 11.2. The lowest BCUT2D eigenvalue weighted by molar-refractivity contribution is -0.158. The van der Waals surface area contributed by atoms with Crippen molar-refractivity contribution in [3.05, 3.63) is 54.3 Å². The number of hydrogen-bond donors (Lipinski definition) is 1. The van der Waals surface area contributed by atoms with E-state index in [-0.39, 0.29) is 18.0 Å². The van der Waals surface area contributed by atoms with Crippen LogP contribution in [0.25, 0.3) is 0 Å². The van der Waals surface area contributed by atoms with Gasteiger partial charge in [-0.25, -0.2) is 12.8 Å². The molecular formula is C22H25FN2O6S. The van der Waals surface area contributed by atoms with Crippen molar-refractivity contribution in [2.45, 2.75) is 30.8 Å². The molecule has 0 bridgehead atoms. The van der Waals surface area contributed by atoms with Crippen LogP contribution < -0.4 is 10.1 Å². The van der Waals surface area contributed by atoms with Crippen molar-refractivity contribution >= 4 is 27.6 Å². The molecule has 32 heavy (non-hydrogen) atoms. The number of carbonyl (C=O) groups is 2. The van der Waals surface area contributed by atoms with Crippen molar-refractivity contribution in [2.75, 3.05) is 25.5 Å². The number of halogens is 1. The zero-order chi connectivity index (χ0) is 23.3. The van der Waals surface area contributed by atoms with E-state index in [4.69, 9.17) is 9.47 Å². The number of nitrogens with one attached hydrogen (secondary N) is 1. The molecule has 0 saturated carbocycles. The summed E-state index contributed by atoms with van der Waals surface area (Å²) < 4.78 is 50.3. The molecule has 0 radical (unpaired) electrons. The van der Waals surface area contributed by atoms with Gasteiger partial charge in [0, 0.05) is 18.8 Å². The van der Waals surface area contributed by atoms with Crippen molar-refractivity contribution in [1.82, 2.24) is 4.31 Å². The topological polar surface area (TPSA) is 102 Å². The van der Waals surface area contributed by atoms with Crippen LogP contribution in [0.2, 0.25) is 0 Å². The van der Waals surface area contributed by atoms with E-state index in [1.807, 2.05) is 0 Å². The van der Waals surface area contributed by atoms with Crippen LogP contribution in [0.15, 0.2) is 53.4 Å². The summed E-state index contributed by atoms with van der Waals surface area (Å²) in [6.45, 7) is 1.63. The first-order valence-corrected chi connectivity index (χ1v) is 11.6. The summed E-state index contributed by atoms with van der Waals surface area (Å²) in [7, 11) is -2.33. The minimum atomic E-state index is -3.87. The third-order valence-corrected chi connectivity index (χ3v) is 7.07. The van der Waals surface area contributed by atoms with Crippen LogP contribution in [0.3, 0.4) is 0 Å². The predicted molar refractivity (Wildman–Crippen MR) is 115 cm³/mol.